The van der Waals surface area contributed by atoms with Crippen LogP contribution in [0.3, 0.4) is 0 Å². The molecule has 2 heterocycles. The van der Waals surface area contributed by atoms with Crippen molar-refractivity contribution in [2.24, 2.45) is 0 Å². The van der Waals surface area contributed by atoms with E-state index in [4.69, 9.17) is 0 Å². The van der Waals surface area contributed by atoms with Gasteiger partial charge in [0.25, 0.3) is 0 Å². The monoisotopic (exact) mass is 463 g/mol. The van der Waals surface area contributed by atoms with E-state index in [9.17, 15) is 9.59 Å². The number of rotatable bonds is 6. The number of fused-ring (bicyclic) bond motifs is 1. The second-order valence-corrected chi connectivity index (χ2v) is 10.1. The van der Waals surface area contributed by atoms with Crippen LogP contribution in [0.1, 0.15) is 39.7 Å². The van der Waals surface area contributed by atoms with Gasteiger partial charge in [0.1, 0.15) is 5.54 Å². The summed E-state index contributed by atoms with van der Waals surface area (Å²) in [5, 5.41) is 12.0. The summed E-state index contributed by atoms with van der Waals surface area (Å²) in [5.41, 5.74) is 2.49. The zero-order valence-electron chi connectivity index (χ0n) is 19.6. The summed E-state index contributed by atoms with van der Waals surface area (Å²) in [6.45, 7) is 10.3. The Morgan fingerprint density at radius 1 is 1.15 bits per heavy atom. The van der Waals surface area contributed by atoms with E-state index in [1.165, 1.54) is 11.8 Å². The third kappa shape index (κ3) is 4.27. The largest absolute Gasteiger partial charge is 0.322 e. The third-order valence-electron chi connectivity index (χ3n) is 5.80. The smallest absolute Gasteiger partial charge is 0.250 e. The number of hydrogen-bond donors (Lipinski definition) is 1. The van der Waals surface area contributed by atoms with Crippen LogP contribution in [0.15, 0.2) is 53.7 Å². The van der Waals surface area contributed by atoms with E-state index in [0.29, 0.717) is 16.5 Å². The number of aryl methyl sites for hydroxylation is 1. The summed E-state index contributed by atoms with van der Waals surface area (Å²) < 4.78 is 2.07. The highest BCUT2D eigenvalue weighted by Crippen LogP contribution is 2.39. The fraction of sp³-hybridized carbons (Fsp3) is 0.360. The zero-order chi connectivity index (χ0) is 23.8. The summed E-state index contributed by atoms with van der Waals surface area (Å²) in [7, 11) is 0. The van der Waals surface area contributed by atoms with Crippen molar-refractivity contribution in [1.82, 2.24) is 14.8 Å². The Balaban J connectivity index is 1.65. The number of aromatic nitrogens is 3. The minimum absolute atomic E-state index is 0.143. The Kier molecular flexibility index (Phi) is 6.30. The number of anilines is 2. The van der Waals surface area contributed by atoms with Crippen LogP contribution in [-0.4, -0.2) is 37.4 Å². The van der Waals surface area contributed by atoms with Gasteiger partial charge in [-0.3, -0.25) is 14.5 Å². The fourth-order valence-corrected chi connectivity index (χ4v) is 4.95. The molecule has 0 bridgehead atoms. The number of thioether (sulfide) groups is 1. The summed E-state index contributed by atoms with van der Waals surface area (Å²) >= 11 is 1.37. The van der Waals surface area contributed by atoms with Crippen molar-refractivity contribution in [2.75, 3.05) is 10.2 Å². The van der Waals surface area contributed by atoms with Gasteiger partial charge in [-0.1, -0.05) is 54.6 Å². The molecule has 1 N–H and O–H groups in total. The van der Waals surface area contributed by atoms with Gasteiger partial charge >= 0.3 is 0 Å². The molecule has 2 amide bonds. The summed E-state index contributed by atoms with van der Waals surface area (Å²) in [5.74, 6) is 0.448. The van der Waals surface area contributed by atoms with Crippen LogP contribution in [0.4, 0.5) is 11.4 Å². The van der Waals surface area contributed by atoms with E-state index in [0.717, 1.165) is 29.9 Å². The molecule has 1 aliphatic heterocycles. The van der Waals surface area contributed by atoms with Crippen molar-refractivity contribution in [3.8, 4) is 11.4 Å². The number of amides is 2. The van der Waals surface area contributed by atoms with Crippen LogP contribution >= 0.6 is 11.8 Å². The van der Waals surface area contributed by atoms with E-state index < -0.39 is 10.8 Å². The summed E-state index contributed by atoms with van der Waals surface area (Å²) in [4.78, 5) is 28.1. The van der Waals surface area contributed by atoms with Gasteiger partial charge in [-0.05, 0) is 52.3 Å². The van der Waals surface area contributed by atoms with Gasteiger partial charge in [0.15, 0.2) is 11.0 Å². The molecule has 8 heteroatoms. The van der Waals surface area contributed by atoms with Gasteiger partial charge in [-0.15, -0.1) is 10.2 Å². The van der Waals surface area contributed by atoms with E-state index >= 15 is 0 Å². The molecule has 0 aliphatic carbocycles. The topological polar surface area (TPSA) is 80.1 Å². The summed E-state index contributed by atoms with van der Waals surface area (Å²) in [6.07, 6.45) is 0.916. The lowest BCUT2D eigenvalue weighted by molar-refractivity contribution is -0.126. The molecule has 2 aromatic carbocycles. The maximum absolute atomic E-state index is 13.7. The highest BCUT2D eigenvalue weighted by molar-refractivity contribution is 8.00. The van der Waals surface area contributed by atoms with Gasteiger partial charge in [-0.2, -0.15) is 0 Å². The highest BCUT2D eigenvalue weighted by atomic mass is 32.2. The van der Waals surface area contributed by atoms with Crippen molar-refractivity contribution in [3.63, 3.8) is 0 Å². The Bertz CT molecular complexity index is 1200. The molecule has 1 aromatic heterocycles. The highest BCUT2D eigenvalue weighted by Gasteiger charge is 2.45. The molecule has 0 radical (unpaired) electrons. The zero-order valence-corrected chi connectivity index (χ0v) is 20.4. The Hall–Kier alpha value is -3.13. The number of carbonyl (C=O) groups excluding carboxylic acids is 2. The van der Waals surface area contributed by atoms with Gasteiger partial charge in [-0.25, -0.2) is 0 Å². The number of para-hydroxylation sites is 2. The van der Waals surface area contributed by atoms with Crippen molar-refractivity contribution in [2.45, 2.75) is 63.5 Å². The van der Waals surface area contributed by atoms with Crippen LogP contribution in [0.2, 0.25) is 0 Å². The molecule has 0 saturated carbocycles. The lowest BCUT2D eigenvalue weighted by Crippen LogP contribution is -2.60. The summed E-state index contributed by atoms with van der Waals surface area (Å²) in [6, 6.07) is 15.6. The average molecular weight is 464 g/mol. The van der Waals surface area contributed by atoms with E-state index in [2.05, 4.69) is 46.1 Å². The Morgan fingerprint density at radius 3 is 2.64 bits per heavy atom. The first kappa shape index (κ1) is 23.0. The number of benzene rings is 2. The van der Waals surface area contributed by atoms with E-state index in [1.807, 2.05) is 43.3 Å². The molecule has 0 saturated heterocycles. The van der Waals surface area contributed by atoms with E-state index in [1.54, 1.807) is 18.7 Å². The predicted molar refractivity (Wildman–Crippen MR) is 132 cm³/mol. The standard InChI is InChI=1S/C25H29N5O2S/c1-6-14-29-21(18-11-9-10-16(2)15-18)27-28-24(29)33-17(3)22(31)30-20-13-8-7-12-19(20)26-23(32)25(30,4)5/h7-13,15,17H,6,14H2,1-5H3,(H,26,32). The predicted octanol–water partition coefficient (Wildman–Crippen LogP) is 4.91. The fourth-order valence-electron chi connectivity index (χ4n) is 4.04. The molecule has 33 heavy (non-hydrogen) atoms. The van der Waals surface area contributed by atoms with Crippen molar-refractivity contribution in [1.29, 1.82) is 0 Å². The molecule has 4 rings (SSSR count). The molecule has 0 fully saturated rings. The maximum atomic E-state index is 13.7. The quantitative estimate of drug-likeness (QED) is 0.526. The lowest BCUT2D eigenvalue weighted by atomic mass is 9.96. The van der Waals surface area contributed by atoms with Crippen LogP contribution in [0.5, 0.6) is 0 Å². The Labute approximate surface area is 198 Å². The number of nitrogens with zero attached hydrogens (tertiary/aromatic N) is 4. The van der Waals surface area contributed by atoms with Gasteiger partial charge in [0.2, 0.25) is 11.8 Å². The van der Waals surface area contributed by atoms with Crippen LogP contribution in [0, 0.1) is 6.92 Å². The number of carbonyl (C=O) groups is 2. The second kappa shape index (κ2) is 9.02. The molecular formula is C25H29N5O2S. The SMILES string of the molecule is CCCn1c(SC(C)C(=O)N2c3ccccc3NC(=O)C2(C)C)nnc1-c1cccc(C)c1. The normalized spacial score (nSPS) is 15.7. The van der Waals surface area contributed by atoms with Gasteiger partial charge in [0.05, 0.1) is 16.6 Å². The second-order valence-electron chi connectivity index (χ2n) is 8.79. The van der Waals surface area contributed by atoms with Gasteiger partial charge < -0.3 is 9.88 Å². The first-order valence-corrected chi connectivity index (χ1v) is 12.0. The molecule has 0 spiro atoms. The lowest BCUT2D eigenvalue weighted by Gasteiger charge is -2.43. The van der Waals surface area contributed by atoms with Crippen LogP contribution in [-0.2, 0) is 16.1 Å². The van der Waals surface area contributed by atoms with Crippen LogP contribution in [0.25, 0.3) is 11.4 Å². The minimum Gasteiger partial charge on any atom is -0.322 e. The van der Waals surface area contributed by atoms with Gasteiger partial charge in [0, 0.05) is 12.1 Å². The number of nitrogens with one attached hydrogen (secondary N) is 1. The van der Waals surface area contributed by atoms with Crippen molar-refractivity contribution in [3.05, 3.63) is 54.1 Å². The third-order valence-corrected chi connectivity index (χ3v) is 6.87. The molecular weight excluding hydrogens is 434 g/mol. The van der Waals surface area contributed by atoms with Crippen LogP contribution < -0.4 is 10.2 Å². The maximum Gasteiger partial charge on any atom is 0.250 e. The molecule has 3 aromatic rings. The molecule has 1 atom stereocenters. The molecule has 7 nitrogen and oxygen atoms in total. The number of hydrogen-bond acceptors (Lipinski definition) is 5. The first-order valence-electron chi connectivity index (χ1n) is 11.2. The molecule has 172 valence electrons. The minimum atomic E-state index is -1.01. The first-order chi connectivity index (χ1) is 15.7. The van der Waals surface area contributed by atoms with Crippen molar-refractivity contribution >= 4 is 35.0 Å². The Morgan fingerprint density at radius 2 is 1.91 bits per heavy atom. The molecule has 1 unspecified atom stereocenters. The van der Waals surface area contributed by atoms with E-state index in [-0.39, 0.29) is 11.8 Å². The van der Waals surface area contributed by atoms with Crippen molar-refractivity contribution < 1.29 is 9.59 Å². The molecule has 1 aliphatic rings. The average Bonchev–Trinajstić information content (AvgIpc) is 3.16.